The first kappa shape index (κ1) is 13.9. The Kier molecular flexibility index (Phi) is 4.11. The molecule has 0 saturated heterocycles. The third-order valence-electron chi connectivity index (χ3n) is 2.59. The molecule has 0 aliphatic rings. The lowest BCUT2D eigenvalue weighted by molar-refractivity contribution is -0.274. The summed E-state index contributed by atoms with van der Waals surface area (Å²) in [5.74, 6) is -0.190. The Labute approximate surface area is 111 Å². The SMILES string of the molecule is FC(F)(F)Oc1ccc(P)c(Cc2ccccc2)c1. The highest BCUT2D eigenvalue weighted by Crippen LogP contribution is 2.24. The third kappa shape index (κ3) is 4.25. The van der Waals surface area contributed by atoms with E-state index in [0.29, 0.717) is 6.42 Å². The molecule has 0 heterocycles. The second-order valence-corrected chi connectivity index (χ2v) is 4.69. The molecule has 1 nitrogen and oxygen atoms in total. The van der Waals surface area contributed by atoms with Crippen LogP contribution in [-0.4, -0.2) is 6.36 Å². The molecule has 0 aromatic heterocycles. The van der Waals surface area contributed by atoms with Crippen molar-refractivity contribution in [1.29, 1.82) is 0 Å². The molecule has 19 heavy (non-hydrogen) atoms. The zero-order valence-corrected chi connectivity index (χ0v) is 11.1. The van der Waals surface area contributed by atoms with Crippen LogP contribution in [0.1, 0.15) is 11.1 Å². The van der Waals surface area contributed by atoms with E-state index < -0.39 is 6.36 Å². The van der Waals surface area contributed by atoms with Crippen LogP contribution in [0.5, 0.6) is 5.75 Å². The van der Waals surface area contributed by atoms with Crippen LogP contribution >= 0.6 is 9.24 Å². The van der Waals surface area contributed by atoms with Crippen molar-refractivity contribution in [2.24, 2.45) is 0 Å². The minimum Gasteiger partial charge on any atom is -0.406 e. The summed E-state index contributed by atoms with van der Waals surface area (Å²) in [4.78, 5) is 0. The zero-order chi connectivity index (χ0) is 13.9. The van der Waals surface area contributed by atoms with Gasteiger partial charge in [-0.05, 0) is 35.0 Å². The molecule has 0 bridgehead atoms. The van der Waals surface area contributed by atoms with Gasteiger partial charge in [0.25, 0.3) is 0 Å². The molecule has 0 saturated carbocycles. The average Bonchev–Trinajstić information content (AvgIpc) is 2.33. The molecule has 5 heteroatoms. The van der Waals surface area contributed by atoms with Crippen LogP contribution in [0.3, 0.4) is 0 Å². The highest BCUT2D eigenvalue weighted by Gasteiger charge is 2.31. The normalized spacial score (nSPS) is 11.4. The van der Waals surface area contributed by atoms with Gasteiger partial charge >= 0.3 is 6.36 Å². The maximum atomic E-state index is 12.2. The lowest BCUT2D eigenvalue weighted by atomic mass is 10.0. The maximum absolute atomic E-state index is 12.2. The molecule has 0 radical (unpaired) electrons. The second kappa shape index (κ2) is 5.62. The summed E-state index contributed by atoms with van der Waals surface area (Å²) in [5.41, 5.74) is 1.83. The van der Waals surface area contributed by atoms with Crippen molar-refractivity contribution in [2.45, 2.75) is 12.8 Å². The fourth-order valence-electron chi connectivity index (χ4n) is 1.75. The smallest absolute Gasteiger partial charge is 0.406 e. The van der Waals surface area contributed by atoms with Crippen LogP contribution in [0, 0.1) is 0 Å². The molecule has 0 fully saturated rings. The number of hydrogen-bond donors (Lipinski definition) is 0. The first-order valence-electron chi connectivity index (χ1n) is 5.62. The molecule has 1 unspecified atom stereocenters. The number of alkyl halides is 3. The van der Waals surface area contributed by atoms with Gasteiger partial charge in [-0.3, -0.25) is 0 Å². The number of benzene rings is 2. The largest absolute Gasteiger partial charge is 0.573 e. The molecule has 0 aliphatic heterocycles. The van der Waals surface area contributed by atoms with Gasteiger partial charge in [0.15, 0.2) is 0 Å². The molecule has 2 aromatic carbocycles. The maximum Gasteiger partial charge on any atom is 0.573 e. The number of ether oxygens (including phenoxy) is 1. The molecular formula is C14H12F3OP. The fourth-order valence-corrected chi connectivity index (χ4v) is 2.03. The van der Waals surface area contributed by atoms with Crippen molar-refractivity contribution in [3.05, 3.63) is 59.7 Å². The molecule has 100 valence electrons. The molecule has 2 rings (SSSR count). The van der Waals surface area contributed by atoms with Gasteiger partial charge < -0.3 is 4.74 Å². The van der Waals surface area contributed by atoms with E-state index in [1.54, 1.807) is 6.07 Å². The molecule has 0 spiro atoms. The molecule has 0 aliphatic carbocycles. The van der Waals surface area contributed by atoms with E-state index >= 15 is 0 Å². The summed E-state index contributed by atoms with van der Waals surface area (Å²) in [6.45, 7) is 0. The quantitative estimate of drug-likeness (QED) is 0.781. The van der Waals surface area contributed by atoms with Gasteiger partial charge in [-0.2, -0.15) is 0 Å². The van der Waals surface area contributed by atoms with Gasteiger partial charge in [-0.1, -0.05) is 36.4 Å². The van der Waals surface area contributed by atoms with E-state index in [2.05, 4.69) is 14.0 Å². The predicted molar refractivity (Wildman–Crippen MR) is 71.7 cm³/mol. The Morgan fingerprint density at radius 2 is 1.68 bits per heavy atom. The second-order valence-electron chi connectivity index (χ2n) is 4.07. The van der Waals surface area contributed by atoms with Crippen molar-refractivity contribution >= 4 is 14.5 Å². The molecule has 0 N–H and O–H groups in total. The summed E-state index contributed by atoms with van der Waals surface area (Å²) < 4.78 is 40.4. The zero-order valence-electron chi connectivity index (χ0n) is 9.95. The van der Waals surface area contributed by atoms with Crippen molar-refractivity contribution < 1.29 is 17.9 Å². The summed E-state index contributed by atoms with van der Waals surface area (Å²) >= 11 is 0. The monoisotopic (exact) mass is 284 g/mol. The average molecular weight is 284 g/mol. The highest BCUT2D eigenvalue weighted by atomic mass is 31.0. The van der Waals surface area contributed by atoms with Crippen LogP contribution in [0.25, 0.3) is 0 Å². The van der Waals surface area contributed by atoms with E-state index in [0.717, 1.165) is 16.4 Å². The number of halogens is 3. The van der Waals surface area contributed by atoms with Crippen LogP contribution in [0.15, 0.2) is 48.5 Å². The summed E-state index contributed by atoms with van der Waals surface area (Å²) in [6.07, 6.45) is -4.10. The minimum atomic E-state index is -4.66. The minimum absolute atomic E-state index is 0.190. The standard InChI is InChI=1S/C14H12F3OP/c15-14(16,17)18-12-6-7-13(19)11(9-12)8-10-4-2-1-3-5-10/h1-7,9H,8,19H2. The summed E-state index contributed by atoms with van der Waals surface area (Å²) in [5, 5.41) is 0.860. The summed E-state index contributed by atoms with van der Waals surface area (Å²) in [6, 6.07) is 13.9. The van der Waals surface area contributed by atoms with E-state index in [-0.39, 0.29) is 5.75 Å². The predicted octanol–water partition coefficient (Wildman–Crippen LogP) is 3.68. The lowest BCUT2D eigenvalue weighted by Gasteiger charge is -2.12. The number of rotatable bonds is 3. The Bertz CT molecular complexity index is 552. The first-order valence-corrected chi connectivity index (χ1v) is 6.20. The van der Waals surface area contributed by atoms with Gasteiger partial charge in [0.1, 0.15) is 5.75 Å². The van der Waals surface area contributed by atoms with Gasteiger partial charge in [0, 0.05) is 0 Å². The first-order chi connectivity index (χ1) is 8.94. The van der Waals surface area contributed by atoms with Gasteiger partial charge in [-0.25, -0.2) is 0 Å². The van der Waals surface area contributed by atoms with E-state index in [1.165, 1.54) is 12.1 Å². The van der Waals surface area contributed by atoms with Crippen LogP contribution in [0.4, 0.5) is 13.2 Å². The van der Waals surface area contributed by atoms with Crippen LogP contribution in [-0.2, 0) is 6.42 Å². The molecular weight excluding hydrogens is 272 g/mol. The Morgan fingerprint density at radius 1 is 1.00 bits per heavy atom. The third-order valence-corrected chi connectivity index (χ3v) is 3.15. The van der Waals surface area contributed by atoms with Crippen LogP contribution < -0.4 is 10.0 Å². The van der Waals surface area contributed by atoms with E-state index in [9.17, 15) is 13.2 Å². The number of hydrogen-bond acceptors (Lipinski definition) is 1. The van der Waals surface area contributed by atoms with Gasteiger partial charge in [0.05, 0.1) is 0 Å². The van der Waals surface area contributed by atoms with E-state index in [4.69, 9.17) is 0 Å². The summed E-state index contributed by atoms with van der Waals surface area (Å²) in [7, 11) is 2.52. The Balaban J connectivity index is 2.23. The Morgan fingerprint density at radius 3 is 2.32 bits per heavy atom. The van der Waals surface area contributed by atoms with Crippen LogP contribution in [0.2, 0.25) is 0 Å². The Hall–Kier alpha value is -1.54. The fraction of sp³-hybridized carbons (Fsp3) is 0.143. The van der Waals surface area contributed by atoms with E-state index in [1.807, 2.05) is 30.3 Å². The lowest BCUT2D eigenvalue weighted by Crippen LogP contribution is -2.17. The van der Waals surface area contributed by atoms with Crippen molar-refractivity contribution in [2.75, 3.05) is 0 Å². The molecule has 2 aromatic rings. The van der Waals surface area contributed by atoms with Gasteiger partial charge in [-0.15, -0.1) is 22.4 Å². The molecule has 0 amide bonds. The topological polar surface area (TPSA) is 9.23 Å². The van der Waals surface area contributed by atoms with Gasteiger partial charge in [0.2, 0.25) is 0 Å². The highest BCUT2D eigenvalue weighted by molar-refractivity contribution is 7.27. The van der Waals surface area contributed by atoms with Crippen molar-refractivity contribution in [3.63, 3.8) is 0 Å². The van der Waals surface area contributed by atoms with Crippen molar-refractivity contribution in [3.8, 4) is 5.75 Å². The van der Waals surface area contributed by atoms with Crippen molar-refractivity contribution in [1.82, 2.24) is 0 Å². The molecule has 1 atom stereocenters.